The maximum Gasteiger partial charge on any atom is 0.258 e. The van der Waals surface area contributed by atoms with E-state index in [4.69, 9.17) is 0 Å². The van der Waals surface area contributed by atoms with Crippen LogP contribution in [-0.2, 0) is 16.4 Å². The normalized spacial score (nSPS) is 14.0. The third-order valence-electron chi connectivity index (χ3n) is 5.64. The number of nitrogens with zero attached hydrogens (tertiary/aromatic N) is 4. The van der Waals surface area contributed by atoms with Gasteiger partial charge in [-0.1, -0.05) is 13.8 Å². The van der Waals surface area contributed by atoms with Crippen LogP contribution in [0.5, 0.6) is 0 Å². The molecule has 0 bridgehead atoms. The number of sulfonamides is 1. The first-order chi connectivity index (χ1) is 15.0. The summed E-state index contributed by atoms with van der Waals surface area (Å²) in [7, 11) is -3.53. The molecule has 0 saturated carbocycles. The van der Waals surface area contributed by atoms with Gasteiger partial charge in [-0.15, -0.1) is 0 Å². The molecule has 0 unspecified atom stereocenters. The summed E-state index contributed by atoms with van der Waals surface area (Å²) >= 11 is 0. The number of fused-ring (bicyclic) bond motifs is 1. The van der Waals surface area contributed by atoms with Gasteiger partial charge in [0.2, 0.25) is 10.0 Å². The predicted molar refractivity (Wildman–Crippen MR) is 120 cm³/mol. The smallest absolute Gasteiger partial charge is 0.258 e. The Labute approximate surface area is 183 Å². The van der Waals surface area contributed by atoms with E-state index in [0.29, 0.717) is 25.2 Å². The zero-order valence-corrected chi connectivity index (χ0v) is 18.5. The number of rotatable bonds is 6. The third-order valence-corrected chi connectivity index (χ3v) is 7.69. The second kappa shape index (κ2) is 8.64. The Morgan fingerprint density at radius 1 is 1.10 bits per heavy atom. The monoisotopic (exact) mass is 438 g/mol. The van der Waals surface area contributed by atoms with Gasteiger partial charge in [-0.3, -0.25) is 4.79 Å². The lowest BCUT2D eigenvalue weighted by Gasteiger charge is -2.30. The molecule has 0 atom stereocenters. The van der Waals surface area contributed by atoms with Crippen molar-refractivity contribution >= 4 is 21.6 Å². The van der Waals surface area contributed by atoms with Crippen molar-refractivity contribution < 1.29 is 13.2 Å². The fourth-order valence-corrected chi connectivity index (χ4v) is 5.50. The Kier molecular flexibility index (Phi) is 5.93. The highest BCUT2D eigenvalue weighted by molar-refractivity contribution is 7.89. The van der Waals surface area contributed by atoms with Crippen LogP contribution in [-0.4, -0.2) is 48.0 Å². The summed E-state index contributed by atoms with van der Waals surface area (Å²) in [5.74, 6) is -0.0904. The van der Waals surface area contributed by atoms with Gasteiger partial charge in [0, 0.05) is 43.3 Å². The van der Waals surface area contributed by atoms with Crippen LogP contribution in [0, 0.1) is 0 Å². The summed E-state index contributed by atoms with van der Waals surface area (Å²) in [5.41, 5.74) is 3.14. The van der Waals surface area contributed by atoms with Crippen molar-refractivity contribution in [3.63, 3.8) is 0 Å². The van der Waals surface area contributed by atoms with Gasteiger partial charge < -0.3 is 4.90 Å². The van der Waals surface area contributed by atoms with E-state index < -0.39 is 10.0 Å². The summed E-state index contributed by atoms with van der Waals surface area (Å²) < 4.78 is 29.0. The Morgan fingerprint density at radius 3 is 2.48 bits per heavy atom. The van der Waals surface area contributed by atoms with Crippen molar-refractivity contribution in [1.82, 2.24) is 14.1 Å². The Hall–Kier alpha value is -2.97. The molecule has 1 amide bonds. The first-order valence-corrected chi connectivity index (χ1v) is 11.9. The van der Waals surface area contributed by atoms with Crippen molar-refractivity contribution in [1.29, 1.82) is 0 Å². The minimum absolute atomic E-state index is 0.0904. The molecule has 0 saturated heterocycles. The highest BCUT2D eigenvalue weighted by Gasteiger charge is 2.27. The molecule has 162 valence electrons. The van der Waals surface area contributed by atoms with Gasteiger partial charge in [0.1, 0.15) is 0 Å². The zero-order valence-electron chi connectivity index (χ0n) is 17.7. The van der Waals surface area contributed by atoms with Gasteiger partial charge in [-0.25, -0.2) is 13.1 Å². The van der Waals surface area contributed by atoms with Crippen LogP contribution in [0.2, 0.25) is 0 Å². The number of aromatic nitrogens is 2. The molecule has 7 nitrogen and oxygen atoms in total. The molecule has 2 aromatic carbocycles. The molecule has 1 aliphatic heterocycles. The Balaban J connectivity index is 1.62. The second-order valence-corrected chi connectivity index (χ2v) is 9.38. The SMILES string of the molecule is CCN(CC)S(=O)(=O)c1ccc2c(c1)CCCN2C(=O)c1ccc(-n2cccn2)cc1. The molecule has 0 spiro atoms. The fourth-order valence-electron chi connectivity index (χ4n) is 3.99. The first-order valence-electron chi connectivity index (χ1n) is 10.5. The summed E-state index contributed by atoms with van der Waals surface area (Å²) in [6.45, 7) is 5.12. The van der Waals surface area contributed by atoms with Gasteiger partial charge in [0.25, 0.3) is 5.91 Å². The Bertz CT molecular complexity index is 1170. The summed E-state index contributed by atoms with van der Waals surface area (Å²) in [6, 6.07) is 14.3. The summed E-state index contributed by atoms with van der Waals surface area (Å²) in [5, 5.41) is 4.20. The average molecular weight is 439 g/mol. The van der Waals surface area contributed by atoms with E-state index in [2.05, 4.69) is 5.10 Å². The minimum Gasteiger partial charge on any atom is -0.308 e. The number of hydrogen-bond donors (Lipinski definition) is 0. The molecular formula is C23H26N4O3S. The molecule has 8 heteroatoms. The molecule has 0 aliphatic carbocycles. The van der Waals surface area contributed by atoms with Gasteiger partial charge in [0.05, 0.1) is 10.6 Å². The van der Waals surface area contributed by atoms with Crippen molar-refractivity contribution in [2.75, 3.05) is 24.5 Å². The van der Waals surface area contributed by atoms with Crippen LogP contribution >= 0.6 is 0 Å². The quantitative estimate of drug-likeness (QED) is 0.590. The van der Waals surface area contributed by atoms with Crippen LogP contribution in [0.4, 0.5) is 5.69 Å². The lowest BCUT2D eigenvalue weighted by atomic mass is 10.0. The summed E-state index contributed by atoms with van der Waals surface area (Å²) in [6.07, 6.45) is 5.10. The molecule has 0 fully saturated rings. The van der Waals surface area contributed by atoms with Crippen molar-refractivity contribution in [3.8, 4) is 5.69 Å². The maximum atomic E-state index is 13.2. The molecule has 0 N–H and O–H groups in total. The number of benzene rings is 2. The highest BCUT2D eigenvalue weighted by Crippen LogP contribution is 2.31. The minimum atomic E-state index is -3.53. The lowest BCUT2D eigenvalue weighted by Crippen LogP contribution is -2.36. The van der Waals surface area contributed by atoms with Crippen molar-refractivity contribution in [2.24, 2.45) is 0 Å². The molecule has 1 aromatic heterocycles. The van der Waals surface area contributed by atoms with Gasteiger partial charge in [-0.2, -0.15) is 9.40 Å². The van der Waals surface area contributed by atoms with Crippen molar-refractivity contribution in [3.05, 3.63) is 72.1 Å². The number of carbonyl (C=O) groups excluding carboxylic acids is 1. The van der Waals surface area contributed by atoms with Crippen LogP contribution < -0.4 is 4.90 Å². The highest BCUT2D eigenvalue weighted by atomic mass is 32.2. The maximum absolute atomic E-state index is 13.2. The van der Waals surface area contributed by atoms with E-state index in [9.17, 15) is 13.2 Å². The van der Waals surface area contributed by atoms with Crippen LogP contribution in [0.1, 0.15) is 36.2 Å². The molecular weight excluding hydrogens is 412 g/mol. The molecule has 31 heavy (non-hydrogen) atoms. The van der Waals surface area contributed by atoms with Crippen molar-refractivity contribution in [2.45, 2.75) is 31.6 Å². The average Bonchev–Trinajstić information content (AvgIpc) is 3.33. The molecule has 3 aromatic rings. The summed E-state index contributed by atoms with van der Waals surface area (Å²) in [4.78, 5) is 15.3. The first kappa shape index (κ1) is 21.3. The van der Waals surface area contributed by atoms with E-state index in [0.717, 1.165) is 29.8 Å². The van der Waals surface area contributed by atoms with E-state index >= 15 is 0 Å². The number of hydrogen-bond acceptors (Lipinski definition) is 4. The lowest BCUT2D eigenvalue weighted by molar-refractivity contribution is 0.0985. The van der Waals surface area contributed by atoms with Crippen LogP contribution in [0.25, 0.3) is 5.69 Å². The van der Waals surface area contributed by atoms with Gasteiger partial charge in [-0.05, 0) is 66.9 Å². The van der Waals surface area contributed by atoms with Gasteiger partial charge in [0.15, 0.2) is 0 Å². The molecule has 1 aliphatic rings. The number of anilines is 1. The number of amides is 1. The largest absolute Gasteiger partial charge is 0.308 e. The van der Waals surface area contributed by atoms with E-state index in [1.165, 1.54) is 4.31 Å². The fraction of sp³-hybridized carbons (Fsp3) is 0.304. The molecule has 2 heterocycles. The second-order valence-electron chi connectivity index (χ2n) is 7.44. The number of carbonyl (C=O) groups is 1. The third kappa shape index (κ3) is 4.00. The standard InChI is InChI=1S/C23H26N4O3S/c1-3-25(4-2)31(29,30)21-12-13-22-19(17-21)7-5-15-26(22)23(28)18-8-10-20(11-9-18)27-16-6-14-24-27/h6,8-14,16-17H,3-5,7,15H2,1-2H3. The van der Waals surface area contributed by atoms with Crippen LogP contribution in [0.15, 0.2) is 65.8 Å². The van der Waals surface area contributed by atoms with E-state index in [1.54, 1.807) is 46.1 Å². The Morgan fingerprint density at radius 2 is 1.84 bits per heavy atom. The predicted octanol–water partition coefficient (Wildman–Crippen LogP) is 3.50. The topological polar surface area (TPSA) is 75.5 Å². The van der Waals surface area contributed by atoms with Gasteiger partial charge >= 0.3 is 0 Å². The van der Waals surface area contributed by atoms with Crippen LogP contribution in [0.3, 0.4) is 0 Å². The molecule has 4 rings (SSSR count). The molecule has 0 radical (unpaired) electrons. The van der Waals surface area contributed by atoms with E-state index in [1.807, 2.05) is 38.2 Å². The zero-order chi connectivity index (χ0) is 22.0. The van der Waals surface area contributed by atoms with E-state index in [-0.39, 0.29) is 10.8 Å². The number of aryl methyl sites for hydroxylation is 1.